The monoisotopic (exact) mass is 379 g/mol. The summed E-state index contributed by atoms with van der Waals surface area (Å²) in [6.45, 7) is 0.795. The number of hydrogen-bond acceptors (Lipinski definition) is 5. The minimum absolute atomic E-state index is 0.111. The first-order valence-electron chi connectivity index (χ1n) is 10.2. The second-order valence-corrected chi connectivity index (χ2v) is 7.92. The van der Waals surface area contributed by atoms with Gasteiger partial charge in [0.1, 0.15) is 11.9 Å². The number of benzene rings is 1. The van der Waals surface area contributed by atoms with Gasteiger partial charge in [-0.25, -0.2) is 9.50 Å². The van der Waals surface area contributed by atoms with Crippen molar-refractivity contribution < 1.29 is 14.6 Å². The highest BCUT2D eigenvalue weighted by molar-refractivity contribution is 5.64. The Kier molecular flexibility index (Phi) is 4.64. The molecular weight excluding hydrogens is 354 g/mol. The first-order chi connectivity index (χ1) is 13.7. The summed E-state index contributed by atoms with van der Waals surface area (Å²) in [6, 6.07) is 11.9. The number of fused-ring (bicyclic) bond motifs is 1. The molecule has 146 valence electrons. The van der Waals surface area contributed by atoms with Crippen molar-refractivity contribution in [2.45, 2.75) is 50.7 Å². The Bertz CT molecular complexity index is 959. The van der Waals surface area contributed by atoms with Crippen LogP contribution >= 0.6 is 0 Å². The number of imidazole rings is 1. The molecule has 28 heavy (non-hydrogen) atoms. The summed E-state index contributed by atoms with van der Waals surface area (Å²) in [7, 11) is 0. The lowest BCUT2D eigenvalue weighted by atomic mass is 9.95. The fraction of sp³-hybridized carbons (Fsp3) is 0.455. The first-order valence-corrected chi connectivity index (χ1v) is 10.2. The lowest BCUT2D eigenvalue weighted by Gasteiger charge is -2.25. The van der Waals surface area contributed by atoms with Crippen molar-refractivity contribution >= 4 is 5.65 Å². The minimum Gasteiger partial charge on any atom is -0.493 e. The molecule has 0 bridgehead atoms. The third kappa shape index (κ3) is 3.83. The van der Waals surface area contributed by atoms with Crippen LogP contribution in [0.3, 0.4) is 0 Å². The van der Waals surface area contributed by atoms with E-state index in [4.69, 9.17) is 9.47 Å². The smallest absolute Gasteiger partial charge is 0.232 e. The molecule has 6 heteroatoms. The van der Waals surface area contributed by atoms with Gasteiger partial charge in [-0.3, -0.25) is 0 Å². The number of aromatic nitrogens is 3. The van der Waals surface area contributed by atoms with Crippen molar-refractivity contribution in [3.05, 3.63) is 42.6 Å². The summed E-state index contributed by atoms with van der Waals surface area (Å²) in [6.07, 6.45) is 7.61. The van der Waals surface area contributed by atoms with E-state index >= 15 is 0 Å². The zero-order chi connectivity index (χ0) is 18.9. The Morgan fingerprint density at radius 2 is 1.89 bits per heavy atom. The van der Waals surface area contributed by atoms with Gasteiger partial charge in [0.05, 0.1) is 24.6 Å². The Balaban J connectivity index is 1.38. The molecule has 2 aliphatic rings. The number of hydrogen-bond donors (Lipinski definition) is 1. The third-order valence-electron chi connectivity index (χ3n) is 5.58. The van der Waals surface area contributed by atoms with Crippen LogP contribution in [0.4, 0.5) is 0 Å². The van der Waals surface area contributed by atoms with E-state index in [1.165, 1.54) is 12.8 Å². The number of aliphatic hydroxyl groups excluding tert-OH is 1. The third-order valence-corrected chi connectivity index (χ3v) is 5.58. The van der Waals surface area contributed by atoms with Gasteiger partial charge in [0.15, 0.2) is 5.65 Å². The van der Waals surface area contributed by atoms with E-state index in [0.29, 0.717) is 5.88 Å². The van der Waals surface area contributed by atoms with Gasteiger partial charge < -0.3 is 14.6 Å². The summed E-state index contributed by atoms with van der Waals surface area (Å²) in [5.41, 5.74) is 2.72. The molecule has 2 aliphatic carbocycles. The van der Waals surface area contributed by atoms with Crippen LogP contribution in [0.25, 0.3) is 16.9 Å². The number of rotatable bonds is 6. The number of aliphatic hydroxyl groups is 1. The molecule has 2 aromatic heterocycles. The van der Waals surface area contributed by atoms with Crippen LogP contribution < -0.4 is 9.47 Å². The lowest BCUT2D eigenvalue weighted by molar-refractivity contribution is 0.0637. The van der Waals surface area contributed by atoms with Gasteiger partial charge in [-0.2, -0.15) is 0 Å². The van der Waals surface area contributed by atoms with Crippen molar-refractivity contribution in [3.63, 3.8) is 0 Å². The maximum Gasteiger partial charge on any atom is 0.232 e. The highest BCUT2D eigenvalue weighted by Gasteiger charge is 2.22. The molecule has 0 atom stereocenters. The molecule has 2 saturated carbocycles. The molecule has 0 aliphatic heterocycles. The molecule has 3 aromatic rings. The van der Waals surface area contributed by atoms with Gasteiger partial charge in [0, 0.05) is 11.6 Å². The summed E-state index contributed by atoms with van der Waals surface area (Å²) >= 11 is 0. The van der Waals surface area contributed by atoms with Crippen LogP contribution in [-0.4, -0.2) is 38.5 Å². The average Bonchev–Trinajstić information content (AvgIpc) is 3.46. The molecule has 0 saturated heterocycles. The number of ether oxygens (including phenoxy) is 2. The summed E-state index contributed by atoms with van der Waals surface area (Å²) in [4.78, 5) is 4.48. The number of nitrogens with zero attached hydrogens (tertiary/aromatic N) is 3. The molecule has 5 rings (SSSR count). The van der Waals surface area contributed by atoms with Gasteiger partial charge in [-0.05, 0) is 62.6 Å². The zero-order valence-corrected chi connectivity index (χ0v) is 15.8. The molecule has 6 nitrogen and oxygen atoms in total. The molecule has 2 heterocycles. The van der Waals surface area contributed by atoms with Crippen molar-refractivity contribution in [2.24, 2.45) is 5.92 Å². The Morgan fingerprint density at radius 1 is 1.04 bits per heavy atom. The van der Waals surface area contributed by atoms with E-state index in [2.05, 4.69) is 10.1 Å². The van der Waals surface area contributed by atoms with E-state index in [1.54, 1.807) is 0 Å². The summed E-state index contributed by atoms with van der Waals surface area (Å²) in [5, 5.41) is 14.3. The summed E-state index contributed by atoms with van der Waals surface area (Å²) in [5.74, 6) is 2.20. The first kappa shape index (κ1) is 17.5. The van der Waals surface area contributed by atoms with Crippen molar-refractivity contribution in [1.29, 1.82) is 0 Å². The van der Waals surface area contributed by atoms with Crippen LogP contribution in [0.5, 0.6) is 11.6 Å². The Hall–Kier alpha value is -2.60. The second kappa shape index (κ2) is 7.43. The van der Waals surface area contributed by atoms with E-state index in [-0.39, 0.29) is 12.2 Å². The predicted octanol–water partition coefficient (Wildman–Crippen LogP) is 3.87. The normalized spacial score (nSPS) is 22.3. The zero-order valence-electron chi connectivity index (χ0n) is 15.8. The van der Waals surface area contributed by atoms with E-state index in [1.807, 2.05) is 47.1 Å². The molecule has 0 amide bonds. The maximum absolute atomic E-state index is 9.67. The van der Waals surface area contributed by atoms with Crippen LogP contribution in [0.1, 0.15) is 38.5 Å². The molecule has 1 aromatic carbocycles. The molecule has 0 radical (unpaired) electrons. The predicted molar refractivity (Wildman–Crippen MR) is 106 cm³/mol. The van der Waals surface area contributed by atoms with Gasteiger partial charge in [0.2, 0.25) is 5.88 Å². The second-order valence-electron chi connectivity index (χ2n) is 7.92. The van der Waals surface area contributed by atoms with Crippen LogP contribution in [0.2, 0.25) is 0 Å². The topological polar surface area (TPSA) is 68.9 Å². The molecule has 1 N–H and O–H groups in total. The highest BCUT2D eigenvalue weighted by atomic mass is 16.5. The van der Waals surface area contributed by atoms with Crippen LogP contribution in [0, 0.1) is 5.92 Å². The van der Waals surface area contributed by atoms with E-state index < -0.39 is 0 Å². The van der Waals surface area contributed by atoms with Gasteiger partial charge >= 0.3 is 0 Å². The van der Waals surface area contributed by atoms with Crippen LogP contribution in [0.15, 0.2) is 42.6 Å². The fourth-order valence-electron chi connectivity index (χ4n) is 3.69. The largest absolute Gasteiger partial charge is 0.493 e. The van der Waals surface area contributed by atoms with Crippen LogP contribution in [-0.2, 0) is 0 Å². The quantitative estimate of drug-likeness (QED) is 0.704. The SMILES string of the molecule is O[C@H]1CC[C@H](Oc2ccc3ncc(-c4cccc(OCC5CC5)c4)n3n2)CC1. The minimum atomic E-state index is -0.190. The van der Waals surface area contributed by atoms with Gasteiger partial charge in [-0.1, -0.05) is 12.1 Å². The standard InChI is InChI=1S/C22H25N3O3/c26-17-6-8-18(9-7-17)28-22-11-10-21-23-13-20(25(21)24-22)16-2-1-3-19(12-16)27-14-15-4-5-15/h1-3,10-13,15,17-18,26H,4-9,14H2/t17-,18-. The molecular formula is C22H25N3O3. The van der Waals surface area contributed by atoms with Crippen molar-refractivity contribution in [2.75, 3.05) is 6.61 Å². The van der Waals surface area contributed by atoms with Gasteiger partial charge in [0.25, 0.3) is 0 Å². The fourth-order valence-corrected chi connectivity index (χ4v) is 3.69. The molecule has 0 unspecified atom stereocenters. The highest BCUT2D eigenvalue weighted by Crippen LogP contribution is 2.31. The average molecular weight is 379 g/mol. The van der Waals surface area contributed by atoms with Crippen molar-refractivity contribution in [1.82, 2.24) is 14.6 Å². The maximum atomic E-state index is 9.67. The molecule has 0 spiro atoms. The molecule has 2 fully saturated rings. The Morgan fingerprint density at radius 3 is 2.71 bits per heavy atom. The Labute approximate surface area is 164 Å². The van der Waals surface area contributed by atoms with E-state index in [9.17, 15) is 5.11 Å². The lowest BCUT2D eigenvalue weighted by Crippen LogP contribution is -2.26. The van der Waals surface area contributed by atoms with Crippen molar-refractivity contribution in [3.8, 4) is 22.9 Å². The van der Waals surface area contributed by atoms with Gasteiger partial charge in [-0.15, -0.1) is 5.10 Å². The summed E-state index contributed by atoms with van der Waals surface area (Å²) < 4.78 is 13.8. The van der Waals surface area contributed by atoms with E-state index in [0.717, 1.165) is 60.9 Å².